The maximum Gasteiger partial charge on any atom is 0.211 e. The first kappa shape index (κ1) is 12.9. The molecule has 1 aromatic heterocycles. The summed E-state index contributed by atoms with van der Waals surface area (Å²) in [7, 11) is 0. The highest BCUT2D eigenvalue weighted by Crippen LogP contribution is 2.23. The number of pyridine rings is 1. The zero-order valence-electron chi connectivity index (χ0n) is 11.0. The van der Waals surface area contributed by atoms with E-state index in [1.807, 2.05) is 12.1 Å². The van der Waals surface area contributed by atoms with E-state index in [0.29, 0.717) is 17.3 Å². The zero-order valence-corrected chi connectivity index (χ0v) is 11.0. The van der Waals surface area contributed by atoms with Crippen LogP contribution in [0.5, 0.6) is 0 Å². The molecule has 1 aromatic carbocycles. The Kier molecular flexibility index (Phi) is 3.56. The van der Waals surface area contributed by atoms with Crippen LogP contribution >= 0.6 is 0 Å². The van der Waals surface area contributed by atoms with Crippen molar-refractivity contribution in [1.82, 2.24) is 10.3 Å². The van der Waals surface area contributed by atoms with E-state index >= 15 is 0 Å². The molecule has 20 heavy (non-hydrogen) atoms. The molecule has 102 valence electrons. The van der Waals surface area contributed by atoms with Gasteiger partial charge in [-0.05, 0) is 61.3 Å². The van der Waals surface area contributed by atoms with Crippen LogP contribution in [0.1, 0.15) is 40.5 Å². The third-order valence-electron chi connectivity index (χ3n) is 3.59. The van der Waals surface area contributed by atoms with E-state index in [4.69, 9.17) is 0 Å². The highest BCUT2D eigenvalue weighted by Gasteiger charge is 2.18. The van der Waals surface area contributed by atoms with Crippen LogP contribution in [-0.2, 0) is 0 Å². The number of rotatable bonds is 3. The van der Waals surface area contributed by atoms with Gasteiger partial charge in [-0.25, -0.2) is 4.39 Å². The normalized spacial score (nSPS) is 18.1. The van der Waals surface area contributed by atoms with Crippen LogP contribution in [0.15, 0.2) is 42.6 Å². The Morgan fingerprint density at radius 1 is 1.25 bits per heavy atom. The van der Waals surface area contributed by atoms with Crippen molar-refractivity contribution in [3.8, 4) is 0 Å². The lowest BCUT2D eigenvalue weighted by Crippen LogP contribution is -2.14. The lowest BCUT2D eigenvalue weighted by molar-refractivity contribution is 0.103. The number of aromatic nitrogens is 1. The van der Waals surface area contributed by atoms with Crippen molar-refractivity contribution in [2.45, 2.75) is 18.9 Å². The van der Waals surface area contributed by atoms with Gasteiger partial charge in [0, 0.05) is 17.8 Å². The summed E-state index contributed by atoms with van der Waals surface area (Å²) in [6, 6.07) is 9.61. The van der Waals surface area contributed by atoms with E-state index in [1.54, 1.807) is 6.20 Å². The molecule has 0 saturated carbocycles. The van der Waals surface area contributed by atoms with Gasteiger partial charge in [0.1, 0.15) is 11.5 Å². The summed E-state index contributed by atoms with van der Waals surface area (Å²) < 4.78 is 12.9. The Labute approximate surface area is 116 Å². The van der Waals surface area contributed by atoms with Gasteiger partial charge >= 0.3 is 0 Å². The smallest absolute Gasteiger partial charge is 0.211 e. The molecule has 2 aromatic rings. The van der Waals surface area contributed by atoms with E-state index in [1.165, 1.54) is 24.3 Å². The minimum Gasteiger partial charge on any atom is -0.310 e. The van der Waals surface area contributed by atoms with E-state index in [-0.39, 0.29) is 11.6 Å². The second kappa shape index (κ2) is 5.51. The van der Waals surface area contributed by atoms with Crippen molar-refractivity contribution in [3.63, 3.8) is 0 Å². The number of hydrogen-bond acceptors (Lipinski definition) is 3. The predicted molar refractivity (Wildman–Crippen MR) is 74.0 cm³/mol. The van der Waals surface area contributed by atoms with Crippen molar-refractivity contribution in [1.29, 1.82) is 0 Å². The number of carbonyl (C=O) groups excluding carboxylic acids is 1. The van der Waals surface area contributed by atoms with Crippen molar-refractivity contribution in [2.75, 3.05) is 6.54 Å². The van der Waals surface area contributed by atoms with Crippen LogP contribution in [0.4, 0.5) is 4.39 Å². The van der Waals surface area contributed by atoms with Crippen molar-refractivity contribution < 1.29 is 9.18 Å². The molecule has 2 heterocycles. The molecule has 3 rings (SSSR count). The Morgan fingerprint density at radius 3 is 2.75 bits per heavy atom. The standard InChI is InChI=1S/C16H15FN2O/c17-13-5-3-11(4-6-13)16(20)15-10-12(7-9-19-15)14-2-1-8-18-14/h3-7,9-10,14,18H,1-2,8H2/t14-/m0/s1. The number of hydrogen-bond donors (Lipinski definition) is 1. The maximum absolute atomic E-state index is 12.9. The van der Waals surface area contributed by atoms with Gasteiger partial charge < -0.3 is 5.32 Å². The Bertz CT molecular complexity index is 619. The molecule has 3 nitrogen and oxygen atoms in total. The van der Waals surface area contributed by atoms with Gasteiger partial charge in [0.05, 0.1) is 0 Å². The second-order valence-electron chi connectivity index (χ2n) is 4.96. The molecule has 1 aliphatic rings. The summed E-state index contributed by atoms with van der Waals surface area (Å²) in [4.78, 5) is 16.5. The van der Waals surface area contributed by atoms with Gasteiger partial charge in [0.2, 0.25) is 5.78 Å². The molecule has 1 aliphatic heterocycles. The summed E-state index contributed by atoms with van der Waals surface area (Å²) in [6.07, 6.45) is 3.88. The molecule has 0 amide bonds. The van der Waals surface area contributed by atoms with Gasteiger partial charge in [-0.15, -0.1) is 0 Å². The van der Waals surface area contributed by atoms with Gasteiger partial charge in [-0.2, -0.15) is 0 Å². The molecule has 1 fully saturated rings. The van der Waals surface area contributed by atoms with Crippen molar-refractivity contribution in [2.24, 2.45) is 0 Å². The first-order valence-corrected chi connectivity index (χ1v) is 6.73. The monoisotopic (exact) mass is 270 g/mol. The fourth-order valence-corrected chi connectivity index (χ4v) is 2.51. The molecule has 4 heteroatoms. The molecule has 1 N–H and O–H groups in total. The number of carbonyl (C=O) groups is 1. The number of ketones is 1. The molecular weight excluding hydrogens is 255 g/mol. The van der Waals surface area contributed by atoms with Gasteiger partial charge in [-0.1, -0.05) is 0 Å². The van der Waals surface area contributed by atoms with E-state index in [0.717, 1.165) is 24.9 Å². The Balaban J connectivity index is 1.87. The molecular formula is C16H15FN2O. The number of nitrogens with zero attached hydrogens (tertiary/aromatic N) is 1. The van der Waals surface area contributed by atoms with E-state index in [9.17, 15) is 9.18 Å². The highest BCUT2D eigenvalue weighted by atomic mass is 19.1. The lowest BCUT2D eigenvalue weighted by atomic mass is 10.0. The Hall–Kier alpha value is -2.07. The average molecular weight is 270 g/mol. The summed E-state index contributed by atoms with van der Waals surface area (Å²) in [5.41, 5.74) is 1.95. The molecule has 0 bridgehead atoms. The Morgan fingerprint density at radius 2 is 2.05 bits per heavy atom. The fourth-order valence-electron chi connectivity index (χ4n) is 2.51. The number of halogens is 1. The number of benzene rings is 1. The molecule has 1 saturated heterocycles. The van der Waals surface area contributed by atoms with Gasteiger partial charge in [0.15, 0.2) is 0 Å². The number of nitrogens with one attached hydrogen (secondary N) is 1. The van der Waals surface area contributed by atoms with Crippen LogP contribution in [0.25, 0.3) is 0 Å². The van der Waals surface area contributed by atoms with Gasteiger partial charge in [0.25, 0.3) is 0 Å². The fraction of sp³-hybridized carbons (Fsp3) is 0.250. The quantitative estimate of drug-likeness (QED) is 0.872. The van der Waals surface area contributed by atoms with Crippen LogP contribution in [0.3, 0.4) is 0 Å². The molecule has 0 aliphatic carbocycles. The van der Waals surface area contributed by atoms with Crippen LogP contribution < -0.4 is 5.32 Å². The van der Waals surface area contributed by atoms with Crippen molar-refractivity contribution >= 4 is 5.78 Å². The third kappa shape index (κ3) is 2.60. The summed E-state index contributed by atoms with van der Waals surface area (Å²) in [6.45, 7) is 1.01. The third-order valence-corrected chi connectivity index (χ3v) is 3.59. The van der Waals surface area contributed by atoms with E-state index < -0.39 is 0 Å². The van der Waals surface area contributed by atoms with Crippen LogP contribution in [-0.4, -0.2) is 17.3 Å². The minimum atomic E-state index is -0.349. The van der Waals surface area contributed by atoms with Gasteiger partial charge in [-0.3, -0.25) is 9.78 Å². The second-order valence-corrected chi connectivity index (χ2v) is 4.96. The molecule has 0 unspecified atom stereocenters. The topological polar surface area (TPSA) is 42.0 Å². The highest BCUT2D eigenvalue weighted by molar-refractivity contribution is 6.07. The maximum atomic E-state index is 12.9. The first-order chi connectivity index (χ1) is 9.74. The molecule has 0 spiro atoms. The van der Waals surface area contributed by atoms with Crippen LogP contribution in [0.2, 0.25) is 0 Å². The summed E-state index contributed by atoms with van der Waals surface area (Å²) in [5.74, 6) is -0.525. The summed E-state index contributed by atoms with van der Waals surface area (Å²) in [5, 5.41) is 3.40. The molecule has 1 atom stereocenters. The van der Waals surface area contributed by atoms with E-state index in [2.05, 4.69) is 10.3 Å². The SMILES string of the molecule is O=C(c1ccc(F)cc1)c1cc([C@@H]2CCCN2)ccn1. The first-order valence-electron chi connectivity index (χ1n) is 6.73. The summed E-state index contributed by atoms with van der Waals surface area (Å²) >= 11 is 0. The van der Waals surface area contributed by atoms with Crippen molar-refractivity contribution in [3.05, 3.63) is 65.2 Å². The largest absolute Gasteiger partial charge is 0.310 e. The lowest BCUT2D eigenvalue weighted by Gasteiger charge is -2.11. The molecule has 0 radical (unpaired) electrons. The average Bonchev–Trinajstić information content (AvgIpc) is 3.02. The van der Waals surface area contributed by atoms with Crippen LogP contribution in [0, 0.1) is 5.82 Å². The minimum absolute atomic E-state index is 0.176. The zero-order chi connectivity index (χ0) is 13.9. The predicted octanol–water partition coefficient (Wildman–Crippen LogP) is 2.88.